The average Bonchev–Trinajstić information content (AvgIpc) is 2.08. The lowest BCUT2D eigenvalue weighted by atomic mass is 10.0. The highest BCUT2D eigenvalue weighted by Gasteiger charge is 2.70. The van der Waals surface area contributed by atoms with E-state index < -0.39 is 37.0 Å². The van der Waals surface area contributed by atoms with Crippen LogP contribution in [-0.4, -0.2) is 35.7 Å². The minimum absolute atomic E-state index is 0.653. The van der Waals surface area contributed by atoms with Crippen LogP contribution in [0.4, 0.5) is 26.3 Å². The second kappa shape index (κ2) is 4.79. The van der Waals surface area contributed by atoms with Gasteiger partial charge in [-0.05, 0) is 13.3 Å². The Kier molecular flexibility index (Phi) is 3.18. The van der Waals surface area contributed by atoms with E-state index in [9.17, 15) is 26.3 Å². The normalized spacial score (nSPS) is 21.9. The molecule has 0 saturated heterocycles. The second-order valence-corrected chi connectivity index (χ2v) is 2.95. The van der Waals surface area contributed by atoms with Crippen molar-refractivity contribution in [2.75, 3.05) is 6.61 Å². The summed E-state index contributed by atoms with van der Waals surface area (Å²) in [6.45, 7) is -0.923. The molecule has 0 heterocycles. The summed E-state index contributed by atoms with van der Waals surface area (Å²) in [5.41, 5.74) is -5.16. The van der Waals surface area contributed by atoms with Crippen molar-refractivity contribution in [3.63, 3.8) is 0 Å². The van der Waals surface area contributed by atoms with E-state index in [1.165, 1.54) is 0 Å². The highest BCUT2D eigenvalue weighted by atomic mass is 19.4. The van der Waals surface area contributed by atoms with E-state index in [0.29, 0.717) is 6.92 Å². The van der Waals surface area contributed by atoms with Crippen LogP contribution in [0.1, 0.15) is 24.3 Å². The summed E-state index contributed by atoms with van der Waals surface area (Å²) >= 11 is 0. The molecule has 0 spiro atoms. The molecule has 0 aliphatic rings. The fraction of sp³-hybridized carbons (Fsp3) is 1.00. The first kappa shape index (κ1) is 10.6. The van der Waals surface area contributed by atoms with E-state index in [2.05, 4.69) is 4.74 Å². The Labute approximate surface area is 92.4 Å². The number of aliphatic hydroxyl groups is 1. The number of alkyl halides is 6. The van der Waals surface area contributed by atoms with Gasteiger partial charge in [0, 0.05) is 2.74 Å². The van der Waals surface area contributed by atoms with E-state index in [1.807, 2.05) is 0 Å². The van der Waals surface area contributed by atoms with Gasteiger partial charge < -0.3 is 9.84 Å². The highest BCUT2D eigenvalue weighted by Crippen LogP contribution is 2.43. The lowest BCUT2D eigenvalue weighted by molar-refractivity contribution is -0.379. The van der Waals surface area contributed by atoms with Gasteiger partial charge in [0.1, 0.15) is 0 Å². The van der Waals surface area contributed by atoms with Crippen molar-refractivity contribution in [2.45, 2.75) is 44.3 Å². The molecular formula is C8H12F6O2. The van der Waals surface area contributed by atoms with Gasteiger partial charge in [-0.3, -0.25) is 0 Å². The van der Waals surface area contributed by atoms with Crippen molar-refractivity contribution in [1.29, 1.82) is 0 Å². The molecule has 0 aliphatic carbocycles. The van der Waals surface area contributed by atoms with Crippen molar-refractivity contribution in [2.24, 2.45) is 0 Å². The molecule has 1 atom stereocenters. The van der Waals surface area contributed by atoms with Crippen molar-refractivity contribution < 1.29 is 40.3 Å². The van der Waals surface area contributed by atoms with Crippen molar-refractivity contribution in [1.82, 2.24) is 0 Å². The Bertz CT molecular complexity index is 306. The standard InChI is InChI=1S/C8H12F6O2/c1-3-5(2)16-4-6(15,7(9,10)11)8(12,13)14/h5,15H,3-4H2,1-2H3/i3D2,5D. The third-order valence-corrected chi connectivity index (χ3v) is 1.79. The fourth-order valence-electron chi connectivity index (χ4n) is 0.609. The Balaban J connectivity index is 5.22. The maximum atomic E-state index is 12.3. The maximum absolute atomic E-state index is 12.3. The van der Waals surface area contributed by atoms with Crippen LogP contribution >= 0.6 is 0 Å². The first-order valence-electron chi connectivity index (χ1n) is 5.45. The van der Waals surface area contributed by atoms with Crippen LogP contribution in [0.3, 0.4) is 0 Å². The molecule has 1 N–H and O–H groups in total. The van der Waals surface area contributed by atoms with Gasteiger partial charge in [0.25, 0.3) is 5.60 Å². The van der Waals surface area contributed by atoms with Gasteiger partial charge in [-0.15, -0.1) is 0 Å². The van der Waals surface area contributed by atoms with Gasteiger partial charge in [0.15, 0.2) is 0 Å². The molecule has 0 aromatic heterocycles. The zero-order chi connectivity index (χ0) is 15.9. The van der Waals surface area contributed by atoms with E-state index in [4.69, 9.17) is 9.22 Å². The Hall–Kier alpha value is -0.500. The van der Waals surface area contributed by atoms with Gasteiger partial charge in [-0.25, -0.2) is 0 Å². The first-order chi connectivity index (χ1) is 7.96. The van der Waals surface area contributed by atoms with Gasteiger partial charge in [0.2, 0.25) is 0 Å². The summed E-state index contributed by atoms with van der Waals surface area (Å²) in [5, 5.41) is 8.73. The van der Waals surface area contributed by atoms with Crippen LogP contribution in [0, 0.1) is 0 Å². The lowest BCUT2D eigenvalue weighted by Gasteiger charge is -2.32. The quantitative estimate of drug-likeness (QED) is 0.784. The van der Waals surface area contributed by atoms with E-state index >= 15 is 0 Å². The van der Waals surface area contributed by atoms with Crippen molar-refractivity contribution in [3.8, 4) is 0 Å². The number of halogens is 6. The van der Waals surface area contributed by atoms with Gasteiger partial charge in [-0.1, -0.05) is 6.92 Å². The Morgan fingerprint density at radius 1 is 1.25 bits per heavy atom. The van der Waals surface area contributed by atoms with Gasteiger partial charge >= 0.3 is 12.4 Å². The zero-order valence-electron chi connectivity index (χ0n) is 11.3. The molecule has 98 valence electrons. The van der Waals surface area contributed by atoms with Gasteiger partial charge in [-0.2, -0.15) is 26.3 Å². The predicted molar refractivity (Wildman–Crippen MR) is 42.8 cm³/mol. The lowest BCUT2D eigenvalue weighted by Crippen LogP contribution is -2.60. The van der Waals surface area contributed by atoms with Crippen LogP contribution in [0.25, 0.3) is 0 Å². The SMILES string of the molecule is [2H]C([2H])(C)C([2H])(C)OCC(O)(C(F)(F)F)C(F)(F)F. The van der Waals surface area contributed by atoms with E-state index in [0.717, 1.165) is 6.92 Å². The molecular weight excluding hydrogens is 242 g/mol. The summed E-state index contributed by atoms with van der Waals surface area (Å²) in [6, 6.07) is 0. The number of hydrogen-bond donors (Lipinski definition) is 1. The van der Waals surface area contributed by atoms with Crippen molar-refractivity contribution >= 4 is 0 Å². The summed E-state index contributed by atoms with van der Waals surface area (Å²) in [7, 11) is 0. The van der Waals surface area contributed by atoms with Crippen LogP contribution in [0.5, 0.6) is 0 Å². The molecule has 0 saturated carbocycles. The molecule has 0 radical (unpaired) electrons. The molecule has 2 nitrogen and oxygen atoms in total. The molecule has 0 aliphatic heterocycles. The smallest absolute Gasteiger partial charge is 0.375 e. The molecule has 8 heteroatoms. The largest absolute Gasteiger partial charge is 0.428 e. The number of hydrogen-bond acceptors (Lipinski definition) is 2. The van der Waals surface area contributed by atoms with E-state index in [1.54, 1.807) is 0 Å². The predicted octanol–water partition coefficient (Wildman–Crippen LogP) is 2.66. The molecule has 0 fully saturated rings. The molecule has 1 unspecified atom stereocenters. The van der Waals surface area contributed by atoms with Crippen LogP contribution in [0.15, 0.2) is 0 Å². The van der Waals surface area contributed by atoms with E-state index in [-0.39, 0.29) is 0 Å². The maximum Gasteiger partial charge on any atom is 0.428 e. The van der Waals surface area contributed by atoms with Gasteiger partial charge in [0.05, 0.1) is 14.1 Å². The first-order valence-corrected chi connectivity index (χ1v) is 3.95. The Morgan fingerprint density at radius 3 is 1.88 bits per heavy atom. The summed E-state index contributed by atoms with van der Waals surface area (Å²) in [5.74, 6) is 0. The third kappa shape index (κ3) is 3.24. The summed E-state index contributed by atoms with van der Waals surface area (Å²) in [6.07, 6.45) is -17.4. The molecule has 0 rings (SSSR count). The zero-order valence-corrected chi connectivity index (χ0v) is 8.33. The van der Waals surface area contributed by atoms with Crippen LogP contribution in [-0.2, 0) is 4.74 Å². The number of rotatable bonds is 4. The number of ether oxygens (including phenoxy) is 1. The molecule has 16 heavy (non-hydrogen) atoms. The topological polar surface area (TPSA) is 29.5 Å². The molecule has 0 bridgehead atoms. The molecule has 0 aromatic carbocycles. The van der Waals surface area contributed by atoms with Crippen molar-refractivity contribution in [3.05, 3.63) is 0 Å². The molecule has 0 amide bonds. The summed E-state index contributed by atoms with van der Waals surface area (Å²) in [4.78, 5) is 0. The highest BCUT2D eigenvalue weighted by molar-refractivity contribution is 4.94. The molecule has 0 aromatic rings. The minimum atomic E-state index is -6.07. The average molecular weight is 257 g/mol. The van der Waals surface area contributed by atoms with Crippen LogP contribution in [0.2, 0.25) is 0 Å². The summed E-state index contributed by atoms with van der Waals surface area (Å²) < 4.78 is 99.0. The monoisotopic (exact) mass is 257 g/mol. The Morgan fingerprint density at radius 2 is 1.62 bits per heavy atom. The second-order valence-electron chi connectivity index (χ2n) is 2.95. The minimum Gasteiger partial charge on any atom is -0.375 e. The van der Waals surface area contributed by atoms with Crippen LogP contribution < -0.4 is 0 Å². The third-order valence-electron chi connectivity index (χ3n) is 1.79. The fourth-order valence-corrected chi connectivity index (χ4v) is 0.609.